The number of benzene rings is 3. The zero-order chi connectivity index (χ0) is 19.9. The topological polar surface area (TPSA) is 29.5 Å². The van der Waals surface area contributed by atoms with E-state index in [4.69, 9.17) is 4.74 Å². The first-order valence-electron chi connectivity index (χ1n) is 10.0. The SMILES string of the molecule is O=C(COc1ccc(-c2ccccc2)cc1)N1CCSC(c2ccccc2)CC1. The average Bonchev–Trinajstić information content (AvgIpc) is 3.05. The summed E-state index contributed by atoms with van der Waals surface area (Å²) < 4.78 is 5.77. The smallest absolute Gasteiger partial charge is 0.260 e. The van der Waals surface area contributed by atoms with Crippen molar-refractivity contribution in [2.75, 3.05) is 25.4 Å². The fourth-order valence-corrected chi connectivity index (χ4v) is 4.80. The molecule has 0 radical (unpaired) electrons. The number of carbonyl (C=O) groups is 1. The molecule has 1 atom stereocenters. The lowest BCUT2D eigenvalue weighted by Crippen LogP contribution is -2.36. The summed E-state index contributed by atoms with van der Waals surface area (Å²) in [5, 5.41) is 0.459. The quantitative estimate of drug-likeness (QED) is 0.568. The fourth-order valence-electron chi connectivity index (χ4n) is 3.56. The number of hydrogen-bond donors (Lipinski definition) is 0. The van der Waals surface area contributed by atoms with E-state index in [9.17, 15) is 4.79 Å². The molecule has 3 nitrogen and oxygen atoms in total. The molecule has 1 aliphatic rings. The largest absolute Gasteiger partial charge is 0.484 e. The molecule has 1 unspecified atom stereocenters. The highest BCUT2D eigenvalue weighted by Crippen LogP contribution is 2.34. The Balaban J connectivity index is 1.29. The summed E-state index contributed by atoms with van der Waals surface area (Å²) >= 11 is 1.94. The molecule has 3 aromatic carbocycles. The molecule has 148 valence electrons. The molecule has 0 bridgehead atoms. The molecule has 4 rings (SSSR count). The van der Waals surface area contributed by atoms with Crippen LogP contribution in [0.2, 0.25) is 0 Å². The van der Waals surface area contributed by atoms with Gasteiger partial charge in [-0.05, 0) is 35.2 Å². The van der Waals surface area contributed by atoms with Crippen molar-refractivity contribution in [1.29, 1.82) is 0 Å². The molecule has 1 amide bonds. The second kappa shape index (κ2) is 9.66. The third kappa shape index (κ3) is 5.21. The van der Waals surface area contributed by atoms with E-state index in [0.29, 0.717) is 5.25 Å². The summed E-state index contributed by atoms with van der Waals surface area (Å²) in [7, 11) is 0. The van der Waals surface area contributed by atoms with Crippen LogP contribution in [0.15, 0.2) is 84.9 Å². The maximum absolute atomic E-state index is 12.6. The van der Waals surface area contributed by atoms with E-state index in [1.807, 2.05) is 65.2 Å². The Labute approximate surface area is 176 Å². The number of amides is 1. The van der Waals surface area contributed by atoms with E-state index in [-0.39, 0.29) is 12.5 Å². The molecule has 0 aromatic heterocycles. The third-order valence-corrected chi connectivity index (χ3v) is 6.52. The predicted molar refractivity (Wildman–Crippen MR) is 120 cm³/mol. The van der Waals surface area contributed by atoms with Gasteiger partial charge in [0.25, 0.3) is 5.91 Å². The molecule has 1 heterocycles. The van der Waals surface area contributed by atoms with Gasteiger partial charge in [-0.1, -0.05) is 72.8 Å². The Morgan fingerprint density at radius 2 is 1.52 bits per heavy atom. The van der Waals surface area contributed by atoms with Gasteiger partial charge in [0.15, 0.2) is 6.61 Å². The highest BCUT2D eigenvalue weighted by Gasteiger charge is 2.22. The third-order valence-electron chi connectivity index (χ3n) is 5.19. The van der Waals surface area contributed by atoms with Crippen molar-refractivity contribution in [2.24, 2.45) is 0 Å². The van der Waals surface area contributed by atoms with E-state index in [1.54, 1.807) is 0 Å². The van der Waals surface area contributed by atoms with E-state index in [0.717, 1.165) is 36.6 Å². The minimum Gasteiger partial charge on any atom is -0.484 e. The maximum Gasteiger partial charge on any atom is 0.260 e. The Morgan fingerprint density at radius 1 is 0.862 bits per heavy atom. The normalized spacial score (nSPS) is 16.8. The van der Waals surface area contributed by atoms with E-state index in [2.05, 4.69) is 36.4 Å². The summed E-state index contributed by atoms with van der Waals surface area (Å²) in [4.78, 5) is 14.6. The molecule has 29 heavy (non-hydrogen) atoms. The first-order valence-corrected chi connectivity index (χ1v) is 11.1. The molecular formula is C25H25NO2S. The Kier molecular flexibility index (Phi) is 6.52. The van der Waals surface area contributed by atoms with E-state index < -0.39 is 0 Å². The van der Waals surface area contributed by atoms with Gasteiger partial charge in [0, 0.05) is 24.1 Å². The highest BCUT2D eigenvalue weighted by molar-refractivity contribution is 7.99. The van der Waals surface area contributed by atoms with Crippen LogP contribution in [0.3, 0.4) is 0 Å². The number of carbonyl (C=O) groups excluding carboxylic acids is 1. The highest BCUT2D eigenvalue weighted by atomic mass is 32.2. The second-order valence-electron chi connectivity index (χ2n) is 7.12. The van der Waals surface area contributed by atoms with Crippen molar-refractivity contribution in [3.8, 4) is 16.9 Å². The van der Waals surface area contributed by atoms with Gasteiger partial charge in [-0.2, -0.15) is 11.8 Å². The summed E-state index contributed by atoms with van der Waals surface area (Å²) in [6, 6.07) is 28.7. The molecule has 0 spiro atoms. The van der Waals surface area contributed by atoms with Gasteiger partial charge in [-0.15, -0.1) is 0 Å². The molecule has 0 N–H and O–H groups in total. The summed E-state index contributed by atoms with van der Waals surface area (Å²) in [6.07, 6.45) is 0.978. The van der Waals surface area contributed by atoms with Crippen molar-refractivity contribution in [2.45, 2.75) is 11.7 Å². The van der Waals surface area contributed by atoms with Crippen LogP contribution in [-0.2, 0) is 4.79 Å². The van der Waals surface area contributed by atoms with Crippen molar-refractivity contribution in [1.82, 2.24) is 4.90 Å². The lowest BCUT2D eigenvalue weighted by Gasteiger charge is -2.20. The van der Waals surface area contributed by atoms with E-state index >= 15 is 0 Å². The van der Waals surface area contributed by atoms with E-state index in [1.165, 1.54) is 11.1 Å². The summed E-state index contributed by atoms with van der Waals surface area (Å²) in [5.74, 6) is 1.74. The zero-order valence-electron chi connectivity index (χ0n) is 16.4. The average molecular weight is 404 g/mol. The van der Waals surface area contributed by atoms with Gasteiger partial charge >= 0.3 is 0 Å². The van der Waals surface area contributed by atoms with Crippen LogP contribution < -0.4 is 4.74 Å². The standard InChI is InChI=1S/C25H25NO2S/c27-25(26-16-15-24(29-18-17-26)22-9-5-2-6-10-22)19-28-23-13-11-21(12-14-23)20-7-3-1-4-8-20/h1-14,24H,15-19H2. The van der Waals surface area contributed by atoms with Crippen molar-refractivity contribution < 1.29 is 9.53 Å². The minimum absolute atomic E-state index is 0.0615. The van der Waals surface area contributed by atoms with Gasteiger partial charge in [-0.25, -0.2) is 0 Å². The molecule has 4 heteroatoms. The molecule has 0 saturated carbocycles. The first-order chi connectivity index (χ1) is 14.3. The van der Waals surface area contributed by atoms with Crippen LogP contribution in [-0.4, -0.2) is 36.3 Å². The number of rotatable bonds is 5. The summed E-state index contributed by atoms with van der Waals surface area (Å²) in [5.41, 5.74) is 3.66. The molecule has 1 aliphatic heterocycles. The van der Waals surface area contributed by atoms with Crippen molar-refractivity contribution in [3.05, 3.63) is 90.5 Å². The van der Waals surface area contributed by atoms with Crippen LogP contribution in [0.5, 0.6) is 5.75 Å². The fraction of sp³-hybridized carbons (Fsp3) is 0.240. The maximum atomic E-state index is 12.6. The number of thioether (sulfide) groups is 1. The number of nitrogens with zero attached hydrogens (tertiary/aromatic N) is 1. The monoisotopic (exact) mass is 403 g/mol. The Morgan fingerprint density at radius 3 is 2.24 bits per heavy atom. The van der Waals surface area contributed by atoms with Crippen molar-refractivity contribution in [3.63, 3.8) is 0 Å². The van der Waals surface area contributed by atoms with Gasteiger partial charge < -0.3 is 9.64 Å². The molecular weight excluding hydrogens is 378 g/mol. The first kappa shape index (κ1) is 19.6. The lowest BCUT2D eigenvalue weighted by atomic mass is 10.1. The minimum atomic E-state index is 0.0615. The molecule has 1 fully saturated rings. The van der Waals surface area contributed by atoms with Crippen LogP contribution >= 0.6 is 11.8 Å². The van der Waals surface area contributed by atoms with Gasteiger partial charge in [-0.3, -0.25) is 4.79 Å². The van der Waals surface area contributed by atoms with Gasteiger partial charge in [0.2, 0.25) is 0 Å². The summed E-state index contributed by atoms with van der Waals surface area (Å²) in [6.45, 7) is 1.65. The Bertz CT molecular complexity index is 913. The van der Waals surface area contributed by atoms with Crippen LogP contribution in [0.4, 0.5) is 0 Å². The molecule has 0 aliphatic carbocycles. The number of hydrogen-bond acceptors (Lipinski definition) is 3. The molecule has 3 aromatic rings. The Hall–Kier alpha value is -2.72. The van der Waals surface area contributed by atoms with Crippen molar-refractivity contribution >= 4 is 17.7 Å². The lowest BCUT2D eigenvalue weighted by molar-refractivity contribution is -0.133. The van der Waals surface area contributed by atoms with Crippen LogP contribution in [0.1, 0.15) is 17.2 Å². The van der Waals surface area contributed by atoms with Gasteiger partial charge in [0.1, 0.15) is 5.75 Å². The van der Waals surface area contributed by atoms with Gasteiger partial charge in [0.05, 0.1) is 0 Å². The molecule has 1 saturated heterocycles. The zero-order valence-corrected chi connectivity index (χ0v) is 17.2. The van der Waals surface area contributed by atoms with Crippen LogP contribution in [0.25, 0.3) is 11.1 Å². The number of ether oxygens (including phenoxy) is 1. The predicted octanol–water partition coefficient (Wildman–Crippen LogP) is 5.44. The second-order valence-corrected chi connectivity index (χ2v) is 8.43. The van der Waals surface area contributed by atoms with Crippen LogP contribution in [0, 0.1) is 0 Å².